The minimum atomic E-state index is -0.116. The number of carbonyl (C=O) groups excluding carboxylic acids is 2. The fraction of sp³-hybridized carbons (Fsp3) is 0.333. The lowest BCUT2D eigenvalue weighted by Crippen LogP contribution is -2.38. The Balaban J connectivity index is 1.36. The molecule has 8 heteroatoms. The first-order chi connectivity index (χ1) is 15.4. The number of aromatic nitrogens is 2. The highest BCUT2D eigenvalue weighted by Crippen LogP contribution is 2.29. The first-order valence-electron chi connectivity index (χ1n) is 10.7. The normalized spacial score (nSPS) is 14.3. The molecule has 1 N–H and O–H groups in total. The van der Waals surface area contributed by atoms with Crippen LogP contribution in [0.15, 0.2) is 53.1 Å². The molecule has 4 rings (SSSR count). The highest BCUT2D eigenvalue weighted by Gasteiger charge is 2.28. The Bertz CT molecular complexity index is 1080. The van der Waals surface area contributed by atoms with Crippen LogP contribution in [-0.4, -0.2) is 54.0 Å². The van der Waals surface area contributed by atoms with Gasteiger partial charge in [-0.3, -0.25) is 9.59 Å². The number of carbonyl (C=O) groups is 2. The van der Waals surface area contributed by atoms with Crippen LogP contribution in [0.25, 0.3) is 11.4 Å². The molecule has 2 heterocycles. The van der Waals surface area contributed by atoms with E-state index >= 15 is 0 Å². The third-order valence-electron chi connectivity index (χ3n) is 5.67. The van der Waals surface area contributed by atoms with Crippen LogP contribution in [0.2, 0.25) is 0 Å². The van der Waals surface area contributed by atoms with Crippen LogP contribution in [0.4, 0.5) is 11.4 Å². The Morgan fingerprint density at radius 2 is 1.69 bits per heavy atom. The molecule has 3 aromatic rings. The molecule has 1 aromatic heterocycles. The molecule has 1 aliphatic rings. The maximum Gasteiger partial charge on any atom is 0.253 e. The Morgan fingerprint density at radius 3 is 2.28 bits per heavy atom. The van der Waals surface area contributed by atoms with Gasteiger partial charge in [-0.05, 0) is 61.4 Å². The van der Waals surface area contributed by atoms with E-state index in [1.807, 2.05) is 72.4 Å². The van der Waals surface area contributed by atoms with Gasteiger partial charge in [0.25, 0.3) is 5.91 Å². The number of likely N-dealkylation sites (tertiary alicyclic amines) is 1. The summed E-state index contributed by atoms with van der Waals surface area (Å²) in [6, 6.07) is 15.0. The van der Waals surface area contributed by atoms with Crippen molar-refractivity contribution in [2.75, 3.05) is 37.4 Å². The summed E-state index contributed by atoms with van der Waals surface area (Å²) in [5.74, 6) is 1.20. The smallest absolute Gasteiger partial charge is 0.253 e. The van der Waals surface area contributed by atoms with Gasteiger partial charge in [0.05, 0.1) is 0 Å². The largest absolute Gasteiger partial charge is 0.378 e. The SMILES string of the molecule is CC(=O)Nc1ccc(-c2noc(C3CCN(C(=O)c4ccc(N(C)C)cc4)CC3)n2)cc1. The van der Waals surface area contributed by atoms with E-state index in [1.165, 1.54) is 6.92 Å². The molecule has 166 valence electrons. The van der Waals surface area contributed by atoms with Gasteiger partial charge in [-0.2, -0.15) is 4.98 Å². The van der Waals surface area contributed by atoms with Gasteiger partial charge < -0.3 is 19.6 Å². The van der Waals surface area contributed by atoms with E-state index in [4.69, 9.17) is 4.52 Å². The summed E-state index contributed by atoms with van der Waals surface area (Å²) in [6.45, 7) is 2.78. The number of nitrogens with one attached hydrogen (secondary N) is 1. The second kappa shape index (κ2) is 9.21. The minimum absolute atomic E-state index is 0.0548. The van der Waals surface area contributed by atoms with E-state index in [0.29, 0.717) is 30.4 Å². The summed E-state index contributed by atoms with van der Waals surface area (Å²) in [7, 11) is 3.96. The van der Waals surface area contributed by atoms with Crippen molar-refractivity contribution in [3.05, 3.63) is 60.0 Å². The van der Waals surface area contributed by atoms with Crippen molar-refractivity contribution in [2.45, 2.75) is 25.7 Å². The zero-order chi connectivity index (χ0) is 22.7. The van der Waals surface area contributed by atoms with Gasteiger partial charge in [0.1, 0.15) is 0 Å². The quantitative estimate of drug-likeness (QED) is 0.658. The van der Waals surface area contributed by atoms with E-state index in [1.54, 1.807) is 0 Å². The summed E-state index contributed by atoms with van der Waals surface area (Å²) in [4.78, 5) is 32.5. The van der Waals surface area contributed by atoms with Gasteiger partial charge >= 0.3 is 0 Å². The van der Waals surface area contributed by atoms with Crippen molar-refractivity contribution >= 4 is 23.2 Å². The van der Waals surface area contributed by atoms with Crippen LogP contribution >= 0.6 is 0 Å². The van der Waals surface area contributed by atoms with Gasteiger partial charge in [-0.1, -0.05) is 5.16 Å². The van der Waals surface area contributed by atoms with Crippen molar-refractivity contribution in [3.63, 3.8) is 0 Å². The second-order valence-corrected chi connectivity index (χ2v) is 8.22. The Kier molecular flexibility index (Phi) is 6.20. The van der Waals surface area contributed by atoms with Gasteiger partial charge in [-0.15, -0.1) is 0 Å². The molecule has 0 spiro atoms. The number of rotatable bonds is 5. The molecular formula is C24H27N5O3. The predicted molar refractivity (Wildman–Crippen MR) is 123 cm³/mol. The average Bonchev–Trinajstić information content (AvgIpc) is 3.29. The lowest BCUT2D eigenvalue weighted by molar-refractivity contribution is -0.114. The predicted octanol–water partition coefficient (Wildman–Crippen LogP) is 3.78. The van der Waals surface area contributed by atoms with Crippen LogP contribution in [0.3, 0.4) is 0 Å². The van der Waals surface area contributed by atoms with Crippen LogP contribution in [0, 0.1) is 0 Å². The molecule has 0 aliphatic carbocycles. The maximum atomic E-state index is 12.8. The topological polar surface area (TPSA) is 91.6 Å². The fourth-order valence-corrected chi connectivity index (χ4v) is 3.84. The Labute approximate surface area is 187 Å². The number of hydrogen-bond donors (Lipinski definition) is 1. The first kappa shape index (κ1) is 21.5. The van der Waals surface area contributed by atoms with Crippen LogP contribution in [-0.2, 0) is 4.79 Å². The Hall–Kier alpha value is -3.68. The molecule has 0 atom stereocenters. The zero-order valence-corrected chi connectivity index (χ0v) is 18.5. The van der Waals surface area contributed by atoms with Crippen molar-refractivity contribution in [1.29, 1.82) is 0 Å². The number of nitrogens with zero attached hydrogens (tertiary/aromatic N) is 4. The van der Waals surface area contributed by atoms with Gasteiger partial charge in [-0.25, -0.2) is 0 Å². The number of amides is 2. The molecule has 0 saturated carbocycles. The van der Waals surface area contributed by atoms with Crippen LogP contribution in [0.5, 0.6) is 0 Å². The van der Waals surface area contributed by atoms with E-state index in [-0.39, 0.29) is 17.7 Å². The summed E-state index contributed by atoms with van der Waals surface area (Å²) in [5.41, 5.74) is 3.32. The molecule has 0 unspecified atom stereocenters. The van der Waals surface area contributed by atoms with Crippen molar-refractivity contribution in [3.8, 4) is 11.4 Å². The molecule has 2 aromatic carbocycles. The zero-order valence-electron chi connectivity index (χ0n) is 18.5. The second-order valence-electron chi connectivity index (χ2n) is 8.22. The molecule has 2 amide bonds. The van der Waals surface area contributed by atoms with E-state index < -0.39 is 0 Å². The summed E-state index contributed by atoms with van der Waals surface area (Å²) < 4.78 is 5.53. The van der Waals surface area contributed by atoms with Crippen LogP contribution < -0.4 is 10.2 Å². The first-order valence-corrected chi connectivity index (χ1v) is 10.7. The molecule has 0 bridgehead atoms. The van der Waals surface area contributed by atoms with Crippen molar-refractivity contribution in [2.24, 2.45) is 0 Å². The van der Waals surface area contributed by atoms with E-state index in [9.17, 15) is 9.59 Å². The molecule has 0 radical (unpaired) electrons. The molecule has 1 saturated heterocycles. The van der Waals surface area contributed by atoms with Crippen molar-refractivity contribution in [1.82, 2.24) is 15.0 Å². The number of anilines is 2. The molecule has 8 nitrogen and oxygen atoms in total. The Morgan fingerprint density at radius 1 is 1.03 bits per heavy atom. The monoisotopic (exact) mass is 433 g/mol. The number of hydrogen-bond acceptors (Lipinski definition) is 6. The lowest BCUT2D eigenvalue weighted by Gasteiger charge is -2.30. The third kappa shape index (κ3) is 4.80. The highest BCUT2D eigenvalue weighted by atomic mass is 16.5. The lowest BCUT2D eigenvalue weighted by atomic mass is 9.96. The minimum Gasteiger partial charge on any atom is -0.378 e. The summed E-state index contributed by atoms with van der Waals surface area (Å²) in [5, 5.41) is 6.85. The average molecular weight is 434 g/mol. The van der Waals surface area contributed by atoms with Gasteiger partial charge in [0, 0.05) is 62.5 Å². The summed E-state index contributed by atoms with van der Waals surface area (Å²) >= 11 is 0. The molecule has 32 heavy (non-hydrogen) atoms. The van der Waals surface area contributed by atoms with E-state index in [2.05, 4.69) is 15.5 Å². The van der Waals surface area contributed by atoms with Gasteiger partial charge in [0.2, 0.25) is 17.6 Å². The standard InChI is InChI=1S/C24H27N5O3/c1-16(30)25-20-8-4-17(5-9-20)22-26-23(32-27-22)18-12-14-29(15-13-18)24(31)19-6-10-21(11-7-19)28(2)3/h4-11,18H,12-15H2,1-3H3,(H,25,30). The van der Waals surface area contributed by atoms with Crippen molar-refractivity contribution < 1.29 is 14.1 Å². The third-order valence-corrected chi connectivity index (χ3v) is 5.67. The summed E-state index contributed by atoms with van der Waals surface area (Å²) in [6.07, 6.45) is 1.56. The van der Waals surface area contributed by atoms with Crippen LogP contribution in [0.1, 0.15) is 41.9 Å². The molecular weight excluding hydrogens is 406 g/mol. The molecule has 1 aliphatic heterocycles. The highest BCUT2D eigenvalue weighted by molar-refractivity contribution is 5.94. The fourth-order valence-electron chi connectivity index (χ4n) is 3.84. The van der Waals surface area contributed by atoms with Gasteiger partial charge in [0.15, 0.2) is 0 Å². The molecule has 1 fully saturated rings. The number of benzene rings is 2. The number of piperidine rings is 1. The van der Waals surface area contributed by atoms with E-state index in [0.717, 1.165) is 29.8 Å². The maximum absolute atomic E-state index is 12.8.